The number of aliphatic hydroxyl groups is 1. The lowest BCUT2D eigenvalue weighted by atomic mass is 10.0. The lowest BCUT2D eigenvalue weighted by Crippen LogP contribution is -2.46. The van der Waals surface area contributed by atoms with Crippen molar-refractivity contribution in [1.29, 1.82) is 0 Å². The highest BCUT2D eigenvalue weighted by atomic mass is 19.1. The molecule has 1 atom stereocenters. The number of anilines is 1. The van der Waals surface area contributed by atoms with Crippen LogP contribution in [0.25, 0.3) is 5.65 Å². The molecule has 0 aliphatic carbocycles. The number of aromatic nitrogens is 4. The van der Waals surface area contributed by atoms with E-state index in [1.165, 1.54) is 30.8 Å². The Morgan fingerprint density at radius 1 is 1.32 bits per heavy atom. The average molecular weight is 430 g/mol. The molecule has 3 heterocycles. The largest absolute Gasteiger partial charge is 0.460 e. The predicted octanol–water partition coefficient (Wildman–Crippen LogP) is 2.53. The van der Waals surface area contributed by atoms with E-state index in [4.69, 9.17) is 4.74 Å². The van der Waals surface area contributed by atoms with Gasteiger partial charge in [0.2, 0.25) is 5.88 Å². The van der Waals surface area contributed by atoms with Gasteiger partial charge in [-0.1, -0.05) is 0 Å². The fraction of sp³-hybridized carbons (Fsp3) is 0.429. The van der Waals surface area contributed by atoms with Crippen molar-refractivity contribution in [3.8, 4) is 5.88 Å². The zero-order valence-electron chi connectivity index (χ0n) is 18.0. The summed E-state index contributed by atoms with van der Waals surface area (Å²) in [6, 6.07) is 5.03. The molecule has 0 bridgehead atoms. The SMILES string of the molecule is CC(C)N(COc1ncccc1NC(=O)c1cnc2ccnn2c1)CC(F)C(C)(C)O. The van der Waals surface area contributed by atoms with Crippen LogP contribution in [0.4, 0.5) is 10.1 Å². The quantitative estimate of drug-likeness (QED) is 0.503. The number of rotatable bonds is 9. The van der Waals surface area contributed by atoms with Gasteiger partial charge in [0, 0.05) is 37.2 Å². The molecule has 0 aliphatic rings. The van der Waals surface area contributed by atoms with Crippen LogP contribution in [0.5, 0.6) is 5.88 Å². The Kier molecular flexibility index (Phi) is 6.81. The molecule has 166 valence electrons. The molecule has 3 aromatic heterocycles. The van der Waals surface area contributed by atoms with Gasteiger partial charge >= 0.3 is 0 Å². The number of nitrogens with zero attached hydrogens (tertiary/aromatic N) is 5. The van der Waals surface area contributed by atoms with Crippen molar-refractivity contribution in [3.63, 3.8) is 0 Å². The maximum atomic E-state index is 14.3. The van der Waals surface area contributed by atoms with Gasteiger partial charge in [-0.15, -0.1) is 0 Å². The molecular formula is C21H27FN6O3. The van der Waals surface area contributed by atoms with Gasteiger partial charge in [0.1, 0.15) is 18.6 Å². The number of carbonyl (C=O) groups is 1. The van der Waals surface area contributed by atoms with Crippen LogP contribution in [-0.4, -0.2) is 66.6 Å². The molecule has 1 unspecified atom stereocenters. The summed E-state index contributed by atoms with van der Waals surface area (Å²) in [6.45, 7) is 6.69. The second-order valence-corrected chi connectivity index (χ2v) is 8.05. The van der Waals surface area contributed by atoms with E-state index in [9.17, 15) is 14.3 Å². The number of hydrogen-bond donors (Lipinski definition) is 2. The molecule has 0 aromatic carbocycles. The van der Waals surface area contributed by atoms with Crippen LogP contribution in [0.1, 0.15) is 38.1 Å². The molecule has 0 saturated carbocycles. The van der Waals surface area contributed by atoms with E-state index in [0.717, 1.165) is 0 Å². The topological polar surface area (TPSA) is 105 Å². The van der Waals surface area contributed by atoms with Crippen molar-refractivity contribution in [3.05, 3.63) is 48.5 Å². The zero-order valence-corrected chi connectivity index (χ0v) is 18.0. The standard InChI is InChI=1S/C21H27FN6O3/c1-14(2)27(12-17(22)21(3,4)30)13-31-20-16(6-5-8-23-20)26-19(29)15-10-24-18-7-9-25-28(18)11-15/h5-11,14,17,30H,12-13H2,1-4H3,(H,26,29). The summed E-state index contributed by atoms with van der Waals surface area (Å²) in [7, 11) is 0. The minimum atomic E-state index is -1.46. The number of carbonyl (C=O) groups excluding carboxylic acids is 1. The van der Waals surface area contributed by atoms with E-state index < -0.39 is 17.7 Å². The summed E-state index contributed by atoms with van der Waals surface area (Å²) >= 11 is 0. The molecule has 1 amide bonds. The van der Waals surface area contributed by atoms with Crippen LogP contribution < -0.4 is 10.1 Å². The third-order valence-corrected chi connectivity index (χ3v) is 4.79. The Morgan fingerprint density at radius 3 is 2.81 bits per heavy atom. The monoisotopic (exact) mass is 430 g/mol. The van der Waals surface area contributed by atoms with Crippen molar-refractivity contribution < 1.29 is 19.0 Å². The van der Waals surface area contributed by atoms with Gasteiger partial charge in [0.15, 0.2) is 5.65 Å². The Hall–Kier alpha value is -3.11. The van der Waals surface area contributed by atoms with Gasteiger partial charge in [-0.3, -0.25) is 9.69 Å². The third kappa shape index (κ3) is 5.74. The number of alkyl halides is 1. The number of halogens is 1. The Labute approximate surface area is 179 Å². The van der Waals surface area contributed by atoms with Gasteiger partial charge in [-0.2, -0.15) is 5.10 Å². The summed E-state index contributed by atoms with van der Waals surface area (Å²) in [6.07, 6.45) is 4.72. The summed E-state index contributed by atoms with van der Waals surface area (Å²) in [5, 5.41) is 16.7. The van der Waals surface area contributed by atoms with E-state index in [0.29, 0.717) is 16.9 Å². The number of amides is 1. The minimum absolute atomic E-state index is 0.00868. The average Bonchev–Trinajstić information content (AvgIpc) is 3.18. The molecule has 10 heteroatoms. The van der Waals surface area contributed by atoms with Gasteiger partial charge in [-0.25, -0.2) is 18.9 Å². The van der Waals surface area contributed by atoms with Crippen LogP contribution in [-0.2, 0) is 0 Å². The van der Waals surface area contributed by atoms with E-state index >= 15 is 0 Å². The normalized spacial score (nSPS) is 13.0. The highest BCUT2D eigenvalue weighted by Crippen LogP contribution is 2.22. The van der Waals surface area contributed by atoms with E-state index in [2.05, 4.69) is 20.4 Å². The number of ether oxygens (including phenoxy) is 1. The van der Waals surface area contributed by atoms with E-state index in [1.807, 2.05) is 13.8 Å². The fourth-order valence-electron chi connectivity index (χ4n) is 2.71. The number of hydrogen-bond acceptors (Lipinski definition) is 7. The lowest BCUT2D eigenvalue weighted by Gasteiger charge is -2.31. The highest BCUT2D eigenvalue weighted by molar-refractivity contribution is 6.04. The Morgan fingerprint density at radius 2 is 2.10 bits per heavy atom. The van der Waals surface area contributed by atoms with Crippen molar-refractivity contribution in [2.24, 2.45) is 0 Å². The molecule has 0 fully saturated rings. The first-order valence-corrected chi connectivity index (χ1v) is 9.94. The second kappa shape index (κ2) is 9.36. The Bertz CT molecular complexity index is 1030. The fourth-order valence-corrected chi connectivity index (χ4v) is 2.71. The van der Waals surface area contributed by atoms with Crippen LogP contribution in [0.15, 0.2) is 43.0 Å². The molecule has 3 aromatic rings. The molecule has 0 spiro atoms. The van der Waals surface area contributed by atoms with Crippen LogP contribution in [0.2, 0.25) is 0 Å². The molecule has 2 N–H and O–H groups in total. The van der Waals surface area contributed by atoms with Crippen molar-refractivity contribution in [2.45, 2.75) is 45.5 Å². The molecule has 0 aliphatic heterocycles. The molecule has 0 saturated heterocycles. The predicted molar refractivity (Wildman–Crippen MR) is 114 cm³/mol. The second-order valence-electron chi connectivity index (χ2n) is 8.05. The summed E-state index contributed by atoms with van der Waals surface area (Å²) in [5.41, 5.74) is -0.134. The van der Waals surface area contributed by atoms with E-state index in [-0.39, 0.29) is 25.2 Å². The first-order valence-electron chi connectivity index (χ1n) is 9.94. The van der Waals surface area contributed by atoms with Crippen molar-refractivity contribution in [2.75, 3.05) is 18.6 Å². The van der Waals surface area contributed by atoms with Crippen molar-refractivity contribution in [1.82, 2.24) is 24.5 Å². The van der Waals surface area contributed by atoms with Crippen molar-refractivity contribution >= 4 is 17.2 Å². The maximum absolute atomic E-state index is 14.3. The first kappa shape index (κ1) is 22.6. The summed E-state index contributed by atoms with van der Waals surface area (Å²) in [5.74, 6) is -0.192. The Balaban J connectivity index is 1.69. The highest BCUT2D eigenvalue weighted by Gasteiger charge is 2.29. The summed E-state index contributed by atoms with van der Waals surface area (Å²) < 4.78 is 21.6. The molecule has 9 nitrogen and oxygen atoms in total. The van der Waals surface area contributed by atoms with E-state index in [1.54, 1.807) is 35.5 Å². The van der Waals surface area contributed by atoms with Gasteiger partial charge in [0.05, 0.1) is 17.4 Å². The first-order chi connectivity index (χ1) is 14.6. The molecular weight excluding hydrogens is 403 g/mol. The van der Waals surface area contributed by atoms with Gasteiger partial charge < -0.3 is 15.2 Å². The molecule has 31 heavy (non-hydrogen) atoms. The number of pyridine rings is 1. The number of fused-ring (bicyclic) bond motifs is 1. The molecule has 3 rings (SSSR count). The zero-order chi connectivity index (χ0) is 22.6. The molecule has 0 radical (unpaired) electrons. The minimum Gasteiger partial charge on any atom is -0.460 e. The number of nitrogens with one attached hydrogen (secondary N) is 1. The van der Waals surface area contributed by atoms with Gasteiger partial charge in [-0.05, 0) is 39.8 Å². The third-order valence-electron chi connectivity index (χ3n) is 4.79. The maximum Gasteiger partial charge on any atom is 0.258 e. The van der Waals surface area contributed by atoms with Crippen LogP contribution >= 0.6 is 0 Å². The van der Waals surface area contributed by atoms with Gasteiger partial charge in [0.25, 0.3) is 5.91 Å². The summed E-state index contributed by atoms with van der Waals surface area (Å²) in [4.78, 5) is 22.8. The lowest BCUT2D eigenvalue weighted by molar-refractivity contribution is -0.0340. The van der Waals surface area contributed by atoms with Crippen LogP contribution in [0, 0.1) is 0 Å². The van der Waals surface area contributed by atoms with Crippen LogP contribution in [0.3, 0.4) is 0 Å². The smallest absolute Gasteiger partial charge is 0.258 e.